The number of aromatic nitrogens is 2. The van der Waals surface area contributed by atoms with Gasteiger partial charge in [-0.25, -0.2) is 14.8 Å². The molecule has 146 valence electrons. The topological polar surface area (TPSA) is 84.4 Å². The molecule has 2 amide bonds. The molecule has 26 heavy (non-hydrogen) atoms. The average Bonchev–Trinajstić information content (AvgIpc) is 2.61. The highest BCUT2D eigenvalue weighted by molar-refractivity contribution is 5.81. The maximum absolute atomic E-state index is 12.1. The zero-order chi connectivity index (χ0) is 19.7. The van der Waals surface area contributed by atoms with Gasteiger partial charge in [-0.2, -0.15) is 0 Å². The van der Waals surface area contributed by atoms with Crippen molar-refractivity contribution in [3.63, 3.8) is 0 Å². The molecule has 1 aliphatic rings. The predicted molar refractivity (Wildman–Crippen MR) is 101 cm³/mol. The second-order valence-corrected chi connectivity index (χ2v) is 7.07. The van der Waals surface area contributed by atoms with E-state index in [1.807, 2.05) is 33.2 Å². The number of nitrogens with one attached hydrogen (secondary N) is 1. The fourth-order valence-corrected chi connectivity index (χ4v) is 2.67. The van der Waals surface area contributed by atoms with Gasteiger partial charge in [-0.15, -0.1) is 0 Å². The van der Waals surface area contributed by atoms with Crippen molar-refractivity contribution in [2.24, 2.45) is 0 Å². The number of hydrogen-bond acceptors (Lipinski definition) is 5. The van der Waals surface area contributed by atoms with Crippen LogP contribution in [0.5, 0.6) is 0 Å². The zero-order valence-electron chi connectivity index (χ0n) is 16.8. The van der Waals surface area contributed by atoms with Crippen LogP contribution in [0.4, 0.5) is 4.79 Å². The monoisotopic (exact) mass is 364 g/mol. The van der Waals surface area contributed by atoms with Gasteiger partial charge in [-0.05, 0) is 52.0 Å². The molecule has 7 heteroatoms. The first-order valence-electron chi connectivity index (χ1n) is 9.28. The zero-order valence-corrected chi connectivity index (χ0v) is 16.8. The predicted octanol–water partition coefficient (Wildman–Crippen LogP) is 3.04. The maximum atomic E-state index is 12.1. The van der Waals surface area contributed by atoms with Gasteiger partial charge < -0.3 is 15.0 Å². The third-order valence-corrected chi connectivity index (χ3v) is 3.86. The Bertz CT molecular complexity index is 573. The number of carbonyl (C=O) groups is 2. The van der Waals surface area contributed by atoms with Gasteiger partial charge in [0.15, 0.2) is 0 Å². The van der Waals surface area contributed by atoms with E-state index in [9.17, 15) is 9.59 Å². The molecule has 2 heterocycles. The second kappa shape index (κ2) is 10.1. The van der Waals surface area contributed by atoms with Crippen LogP contribution in [-0.2, 0) is 9.53 Å². The standard InChI is InChI=1S/C17H26N4O3.C2H6/c1-12-18-9-14(10-19-12)13-5-7-21(8-6-13)16(23)20-11-15(22)24-17(2,3)4;1-2/h9-10,13H,5-8,11H2,1-4H3,(H,20,23);1-2H3. The molecule has 0 atom stereocenters. The fraction of sp³-hybridized carbons (Fsp3) is 0.684. The van der Waals surface area contributed by atoms with Gasteiger partial charge in [0.25, 0.3) is 0 Å². The van der Waals surface area contributed by atoms with Crippen LogP contribution in [0.25, 0.3) is 0 Å². The third-order valence-electron chi connectivity index (χ3n) is 3.86. The largest absolute Gasteiger partial charge is 0.459 e. The van der Waals surface area contributed by atoms with E-state index in [0.717, 1.165) is 24.2 Å². The summed E-state index contributed by atoms with van der Waals surface area (Å²) in [7, 11) is 0. The van der Waals surface area contributed by atoms with Gasteiger partial charge in [0.2, 0.25) is 0 Å². The molecule has 0 unspecified atom stereocenters. The number of likely N-dealkylation sites (tertiary alicyclic amines) is 1. The van der Waals surface area contributed by atoms with Crippen LogP contribution in [0.2, 0.25) is 0 Å². The normalized spacial score (nSPS) is 14.9. The maximum Gasteiger partial charge on any atom is 0.325 e. The van der Waals surface area contributed by atoms with Gasteiger partial charge in [-0.3, -0.25) is 4.79 Å². The minimum atomic E-state index is -0.545. The lowest BCUT2D eigenvalue weighted by Crippen LogP contribution is -2.46. The molecule has 1 aromatic rings. The van der Waals surface area contributed by atoms with E-state index in [1.165, 1.54) is 0 Å². The number of esters is 1. The van der Waals surface area contributed by atoms with Gasteiger partial charge in [0.1, 0.15) is 18.0 Å². The van der Waals surface area contributed by atoms with E-state index in [4.69, 9.17) is 4.74 Å². The summed E-state index contributed by atoms with van der Waals surface area (Å²) in [5, 5.41) is 2.62. The van der Waals surface area contributed by atoms with E-state index in [-0.39, 0.29) is 12.6 Å². The van der Waals surface area contributed by atoms with E-state index in [0.29, 0.717) is 19.0 Å². The van der Waals surface area contributed by atoms with Crippen LogP contribution < -0.4 is 5.32 Å². The molecule has 1 saturated heterocycles. The molecule has 0 saturated carbocycles. The van der Waals surface area contributed by atoms with Crippen LogP contribution in [0.1, 0.15) is 64.8 Å². The number of nitrogens with zero attached hydrogens (tertiary/aromatic N) is 3. The number of rotatable bonds is 3. The molecular weight excluding hydrogens is 332 g/mol. The lowest BCUT2D eigenvalue weighted by atomic mass is 9.91. The number of ether oxygens (including phenoxy) is 1. The first-order valence-corrected chi connectivity index (χ1v) is 9.28. The van der Waals surface area contributed by atoms with Crippen LogP contribution >= 0.6 is 0 Å². The molecule has 0 aliphatic carbocycles. The summed E-state index contributed by atoms with van der Waals surface area (Å²) in [6, 6.07) is -0.223. The van der Waals surface area contributed by atoms with E-state index >= 15 is 0 Å². The summed E-state index contributed by atoms with van der Waals surface area (Å²) < 4.78 is 5.17. The molecule has 0 spiro atoms. The summed E-state index contributed by atoms with van der Waals surface area (Å²) in [5.41, 5.74) is 0.574. The number of piperidine rings is 1. The van der Waals surface area contributed by atoms with Crippen molar-refractivity contribution in [2.45, 2.75) is 65.9 Å². The summed E-state index contributed by atoms with van der Waals surface area (Å²) >= 11 is 0. The van der Waals surface area contributed by atoms with E-state index in [1.54, 1.807) is 25.7 Å². The molecule has 0 aromatic carbocycles. The van der Waals surface area contributed by atoms with Gasteiger partial charge in [-0.1, -0.05) is 13.8 Å². The number of urea groups is 1. The van der Waals surface area contributed by atoms with Crippen molar-refractivity contribution in [3.8, 4) is 0 Å². The average molecular weight is 364 g/mol. The molecule has 0 bridgehead atoms. The molecule has 1 aromatic heterocycles. The van der Waals surface area contributed by atoms with Crippen LogP contribution in [0, 0.1) is 6.92 Å². The van der Waals surface area contributed by atoms with Crippen molar-refractivity contribution < 1.29 is 14.3 Å². The summed E-state index contributed by atoms with van der Waals surface area (Å²) in [5.74, 6) is 0.709. The molecule has 1 N–H and O–H groups in total. The molecular formula is C19H32N4O3. The minimum absolute atomic E-state index is 0.109. The quantitative estimate of drug-likeness (QED) is 0.833. The molecule has 1 aliphatic heterocycles. The number of aryl methyl sites for hydroxylation is 1. The molecule has 0 radical (unpaired) electrons. The highest BCUT2D eigenvalue weighted by atomic mass is 16.6. The molecule has 2 rings (SSSR count). The van der Waals surface area contributed by atoms with Gasteiger partial charge >= 0.3 is 12.0 Å². The van der Waals surface area contributed by atoms with Crippen LogP contribution in [-0.4, -0.2) is 52.1 Å². The van der Waals surface area contributed by atoms with Crippen molar-refractivity contribution in [3.05, 3.63) is 23.8 Å². The minimum Gasteiger partial charge on any atom is -0.459 e. The van der Waals surface area contributed by atoms with Gasteiger partial charge in [0.05, 0.1) is 0 Å². The van der Waals surface area contributed by atoms with Crippen molar-refractivity contribution in [1.82, 2.24) is 20.2 Å². The Morgan fingerprint density at radius 3 is 2.23 bits per heavy atom. The van der Waals surface area contributed by atoms with Crippen LogP contribution in [0.3, 0.4) is 0 Å². The Morgan fingerprint density at radius 2 is 1.73 bits per heavy atom. The first kappa shape index (κ1) is 21.9. The number of hydrogen-bond donors (Lipinski definition) is 1. The fourth-order valence-electron chi connectivity index (χ4n) is 2.67. The van der Waals surface area contributed by atoms with Crippen LogP contribution in [0.15, 0.2) is 12.4 Å². The summed E-state index contributed by atoms with van der Waals surface area (Å²) in [6.45, 7) is 12.4. The van der Waals surface area contributed by atoms with E-state index < -0.39 is 11.6 Å². The molecule has 7 nitrogen and oxygen atoms in total. The van der Waals surface area contributed by atoms with Gasteiger partial charge in [0, 0.05) is 25.5 Å². The highest BCUT2D eigenvalue weighted by Crippen LogP contribution is 2.27. The van der Waals surface area contributed by atoms with Crippen molar-refractivity contribution in [1.29, 1.82) is 0 Å². The van der Waals surface area contributed by atoms with Crippen molar-refractivity contribution >= 4 is 12.0 Å². The Morgan fingerprint density at radius 1 is 1.19 bits per heavy atom. The Hall–Kier alpha value is -2.18. The third kappa shape index (κ3) is 7.37. The number of amides is 2. The second-order valence-electron chi connectivity index (χ2n) is 7.07. The SMILES string of the molecule is CC.Cc1ncc(C2CCN(C(=O)NCC(=O)OC(C)(C)C)CC2)cn1. The lowest BCUT2D eigenvalue weighted by molar-refractivity contribution is -0.153. The number of carbonyl (C=O) groups excluding carboxylic acids is 2. The lowest BCUT2D eigenvalue weighted by Gasteiger charge is -2.32. The summed E-state index contributed by atoms with van der Waals surface area (Å²) in [4.78, 5) is 34.0. The summed E-state index contributed by atoms with van der Waals surface area (Å²) in [6.07, 6.45) is 5.47. The smallest absolute Gasteiger partial charge is 0.325 e. The molecule has 1 fully saturated rings. The Kier molecular flexibility index (Phi) is 8.48. The van der Waals surface area contributed by atoms with E-state index in [2.05, 4.69) is 15.3 Å². The Balaban J connectivity index is 0.00000163. The Labute approximate surface area is 156 Å². The van der Waals surface area contributed by atoms with Crippen molar-refractivity contribution in [2.75, 3.05) is 19.6 Å². The first-order chi connectivity index (χ1) is 12.2. The highest BCUT2D eigenvalue weighted by Gasteiger charge is 2.25.